The number of thiophene rings is 1. The molecule has 0 radical (unpaired) electrons. The van der Waals surface area contributed by atoms with Gasteiger partial charge in [0.15, 0.2) is 5.78 Å². The molecular weight excluding hydrogens is 490 g/mol. The summed E-state index contributed by atoms with van der Waals surface area (Å²) in [4.78, 5) is 29.0. The summed E-state index contributed by atoms with van der Waals surface area (Å²) in [6.07, 6.45) is 1.22. The Balaban J connectivity index is 1.31. The van der Waals surface area contributed by atoms with Gasteiger partial charge in [0.25, 0.3) is 0 Å². The van der Waals surface area contributed by atoms with Crippen molar-refractivity contribution in [3.05, 3.63) is 93.3 Å². The molecule has 36 heavy (non-hydrogen) atoms. The smallest absolute Gasteiger partial charge is 0.227 e. The standard InChI is InChI=1S/C28H26ClN5OS/c29-20-6-4-9-22(18-20)33-11-13-34(14-12-33)28-31-23-16-19(25-10-5-15-36-25)17-24(35)26(23)27(32-28)30-21-7-2-1-3-8-21/h1-10,15,18-19H,11-14,16-17H2,(H,30,31,32). The molecule has 0 bridgehead atoms. The van der Waals surface area contributed by atoms with E-state index in [1.54, 1.807) is 11.3 Å². The average Bonchev–Trinajstić information content (AvgIpc) is 3.44. The number of ketones is 1. The van der Waals surface area contributed by atoms with Crippen molar-refractivity contribution in [3.8, 4) is 0 Å². The topological polar surface area (TPSA) is 61.4 Å². The molecule has 182 valence electrons. The third-order valence-electron chi connectivity index (χ3n) is 6.84. The number of halogens is 1. The first-order valence-electron chi connectivity index (χ1n) is 12.2. The van der Waals surface area contributed by atoms with Crippen LogP contribution in [0, 0.1) is 0 Å². The zero-order valence-electron chi connectivity index (χ0n) is 19.7. The fraction of sp³-hybridized carbons (Fsp3) is 0.250. The van der Waals surface area contributed by atoms with E-state index < -0.39 is 0 Å². The van der Waals surface area contributed by atoms with Gasteiger partial charge in [-0.05, 0) is 48.2 Å². The van der Waals surface area contributed by atoms with Gasteiger partial charge in [0, 0.05) is 59.8 Å². The lowest BCUT2D eigenvalue weighted by atomic mass is 9.85. The van der Waals surface area contributed by atoms with Crippen LogP contribution in [0.1, 0.15) is 33.3 Å². The minimum Gasteiger partial charge on any atom is -0.368 e. The number of fused-ring (bicyclic) bond motifs is 1. The monoisotopic (exact) mass is 515 g/mol. The number of para-hydroxylation sites is 1. The fourth-order valence-corrected chi connectivity index (χ4v) is 6.03. The number of Topliss-reactive ketones (excluding diaryl/α,β-unsaturated/α-hetero) is 1. The number of benzene rings is 2. The van der Waals surface area contributed by atoms with E-state index in [0.29, 0.717) is 23.8 Å². The lowest BCUT2D eigenvalue weighted by Gasteiger charge is -2.36. The van der Waals surface area contributed by atoms with E-state index in [2.05, 4.69) is 32.6 Å². The Kier molecular flexibility index (Phi) is 6.34. The number of carbonyl (C=O) groups is 1. The zero-order chi connectivity index (χ0) is 24.5. The summed E-state index contributed by atoms with van der Waals surface area (Å²) in [5, 5.41) is 6.23. The van der Waals surface area contributed by atoms with Crippen molar-refractivity contribution in [2.24, 2.45) is 0 Å². The Morgan fingerprint density at radius 3 is 2.44 bits per heavy atom. The number of carbonyl (C=O) groups excluding carboxylic acids is 1. The third-order valence-corrected chi connectivity index (χ3v) is 8.11. The Hall–Kier alpha value is -3.42. The molecule has 1 unspecified atom stereocenters. The molecule has 1 aliphatic heterocycles. The van der Waals surface area contributed by atoms with Gasteiger partial charge in [0.05, 0.1) is 11.3 Å². The molecule has 6 nitrogen and oxygen atoms in total. The third kappa shape index (κ3) is 4.68. The fourth-order valence-electron chi connectivity index (χ4n) is 5.02. The lowest BCUT2D eigenvalue weighted by Crippen LogP contribution is -2.47. The number of nitrogens with one attached hydrogen (secondary N) is 1. The van der Waals surface area contributed by atoms with Gasteiger partial charge in [0.1, 0.15) is 5.82 Å². The molecule has 2 aromatic carbocycles. The lowest BCUT2D eigenvalue weighted by molar-refractivity contribution is 0.0964. The number of rotatable bonds is 5. The molecule has 1 fully saturated rings. The summed E-state index contributed by atoms with van der Waals surface area (Å²) in [6.45, 7) is 3.27. The van der Waals surface area contributed by atoms with Crippen molar-refractivity contribution in [2.75, 3.05) is 41.3 Å². The summed E-state index contributed by atoms with van der Waals surface area (Å²) in [7, 11) is 0. The number of hydrogen-bond acceptors (Lipinski definition) is 7. The second-order valence-corrected chi connectivity index (χ2v) is 10.6. The summed E-state index contributed by atoms with van der Waals surface area (Å²) in [5.74, 6) is 1.55. The molecule has 8 heteroatoms. The first kappa shape index (κ1) is 23.0. The van der Waals surface area contributed by atoms with Crippen LogP contribution in [0.3, 0.4) is 0 Å². The van der Waals surface area contributed by atoms with Crippen LogP contribution in [-0.4, -0.2) is 41.9 Å². The van der Waals surface area contributed by atoms with E-state index >= 15 is 0 Å². The maximum absolute atomic E-state index is 13.4. The highest BCUT2D eigenvalue weighted by Gasteiger charge is 2.33. The minimum atomic E-state index is 0.102. The molecular formula is C28H26ClN5OS. The second-order valence-electron chi connectivity index (χ2n) is 9.18. The number of anilines is 4. The molecule has 0 saturated carbocycles. The van der Waals surface area contributed by atoms with Crippen LogP contribution in [0.2, 0.25) is 5.02 Å². The molecule has 0 spiro atoms. The molecule has 0 amide bonds. The number of nitrogens with zero attached hydrogens (tertiary/aromatic N) is 4. The highest BCUT2D eigenvalue weighted by atomic mass is 35.5. The van der Waals surface area contributed by atoms with Gasteiger partial charge >= 0.3 is 0 Å². The van der Waals surface area contributed by atoms with E-state index in [-0.39, 0.29) is 11.7 Å². The van der Waals surface area contributed by atoms with E-state index in [4.69, 9.17) is 21.6 Å². The summed E-state index contributed by atoms with van der Waals surface area (Å²) < 4.78 is 0. The van der Waals surface area contributed by atoms with E-state index in [0.717, 1.165) is 54.7 Å². The van der Waals surface area contributed by atoms with Crippen molar-refractivity contribution in [3.63, 3.8) is 0 Å². The summed E-state index contributed by atoms with van der Waals surface area (Å²) >= 11 is 7.92. The molecule has 2 aliphatic rings. The molecule has 3 heterocycles. The highest BCUT2D eigenvalue weighted by Crippen LogP contribution is 2.38. The predicted octanol–water partition coefficient (Wildman–Crippen LogP) is 6.17. The molecule has 4 aromatic rings. The Morgan fingerprint density at radius 1 is 0.889 bits per heavy atom. The van der Waals surface area contributed by atoms with Crippen molar-refractivity contribution >= 4 is 51.9 Å². The Morgan fingerprint density at radius 2 is 1.69 bits per heavy atom. The van der Waals surface area contributed by atoms with Crippen LogP contribution in [0.5, 0.6) is 0 Å². The van der Waals surface area contributed by atoms with Crippen molar-refractivity contribution in [1.29, 1.82) is 0 Å². The molecule has 2 aromatic heterocycles. The van der Waals surface area contributed by atoms with Gasteiger partial charge in [-0.1, -0.05) is 41.9 Å². The van der Waals surface area contributed by atoms with Gasteiger partial charge in [-0.15, -0.1) is 11.3 Å². The highest BCUT2D eigenvalue weighted by molar-refractivity contribution is 7.10. The molecule has 6 rings (SSSR count). The number of piperazine rings is 1. The summed E-state index contributed by atoms with van der Waals surface area (Å²) in [6, 6.07) is 22.0. The van der Waals surface area contributed by atoms with Crippen molar-refractivity contribution in [2.45, 2.75) is 18.8 Å². The first-order valence-corrected chi connectivity index (χ1v) is 13.4. The van der Waals surface area contributed by atoms with E-state index in [1.807, 2.05) is 54.6 Å². The average molecular weight is 516 g/mol. The maximum Gasteiger partial charge on any atom is 0.227 e. The molecule has 1 atom stereocenters. The first-order chi connectivity index (χ1) is 17.6. The predicted molar refractivity (Wildman–Crippen MR) is 147 cm³/mol. The van der Waals surface area contributed by atoms with E-state index in [9.17, 15) is 4.79 Å². The number of hydrogen-bond donors (Lipinski definition) is 1. The summed E-state index contributed by atoms with van der Waals surface area (Å²) in [5.41, 5.74) is 3.51. The maximum atomic E-state index is 13.4. The molecule has 1 saturated heterocycles. The van der Waals surface area contributed by atoms with Crippen LogP contribution in [-0.2, 0) is 6.42 Å². The van der Waals surface area contributed by atoms with Crippen LogP contribution in [0.25, 0.3) is 0 Å². The van der Waals surface area contributed by atoms with Crippen LogP contribution in [0.4, 0.5) is 23.1 Å². The van der Waals surface area contributed by atoms with Crippen molar-refractivity contribution < 1.29 is 4.79 Å². The van der Waals surface area contributed by atoms with Crippen LogP contribution < -0.4 is 15.1 Å². The Bertz CT molecular complexity index is 1370. The van der Waals surface area contributed by atoms with Gasteiger partial charge in [0.2, 0.25) is 5.95 Å². The van der Waals surface area contributed by atoms with E-state index in [1.165, 1.54) is 4.88 Å². The van der Waals surface area contributed by atoms with Crippen molar-refractivity contribution in [1.82, 2.24) is 9.97 Å². The molecule has 1 aliphatic carbocycles. The van der Waals surface area contributed by atoms with Gasteiger partial charge < -0.3 is 15.1 Å². The Labute approximate surface area is 219 Å². The van der Waals surface area contributed by atoms with Crippen LogP contribution in [0.15, 0.2) is 72.1 Å². The SMILES string of the molecule is O=C1CC(c2cccs2)Cc2nc(N3CCN(c4cccc(Cl)c4)CC3)nc(Nc3ccccc3)c21. The minimum absolute atomic E-state index is 0.102. The largest absolute Gasteiger partial charge is 0.368 e. The van der Waals surface area contributed by atoms with Gasteiger partial charge in [-0.25, -0.2) is 4.98 Å². The van der Waals surface area contributed by atoms with Gasteiger partial charge in [-0.3, -0.25) is 4.79 Å². The normalized spacial score (nSPS) is 17.7. The quantitative estimate of drug-likeness (QED) is 0.343. The molecule has 1 N–H and O–H groups in total. The van der Waals surface area contributed by atoms with Gasteiger partial charge in [-0.2, -0.15) is 4.98 Å². The second kappa shape index (κ2) is 9.91. The van der Waals surface area contributed by atoms with Crippen LogP contribution >= 0.6 is 22.9 Å². The number of aromatic nitrogens is 2. The zero-order valence-corrected chi connectivity index (χ0v) is 21.3.